The molecule has 0 atom stereocenters. The molecule has 0 spiro atoms. The number of benzene rings is 2. The summed E-state index contributed by atoms with van der Waals surface area (Å²) in [5, 5.41) is 3.60. The molecular formula is C13H8OS. The molecule has 0 unspecified atom stereocenters. The van der Waals surface area contributed by atoms with Crippen LogP contribution in [-0.4, -0.2) is 6.29 Å². The fourth-order valence-corrected chi connectivity index (χ4v) is 2.72. The van der Waals surface area contributed by atoms with E-state index in [4.69, 9.17) is 0 Å². The summed E-state index contributed by atoms with van der Waals surface area (Å²) in [6.45, 7) is 0. The molecule has 0 aliphatic rings. The highest BCUT2D eigenvalue weighted by Crippen LogP contribution is 2.29. The lowest BCUT2D eigenvalue weighted by molar-refractivity contribution is 0.112. The van der Waals surface area contributed by atoms with Gasteiger partial charge in [0.2, 0.25) is 0 Å². The van der Waals surface area contributed by atoms with E-state index in [9.17, 15) is 4.79 Å². The van der Waals surface area contributed by atoms with E-state index in [1.807, 2.05) is 18.2 Å². The Hall–Kier alpha value is -1.67. The highest BCUT2D eigenvalue weighted by molar-refractivity contribution is 7.20. The Labute approximate surface area is 91.0 Å². The van der Waals surface area contributed by atoms with Gasteiger partial charge in [0.25, 0.3) is 0 Å². The van der Waals surface area contributed by atoms with E-state index in [0.717, 1.165) is 16.5 Å². The molecule has 72 valence electrons. The molecule has 0 radical (unpaired) electrons. The lowest BCUT2D eigenvalue weighted by atomic mass is 10.1. The monoisotopic (exact) mass is 212 g/mol. The SMILES string of the molecule is O=Cc1cc2cc3ccccc3cc2s1. The van der Waals surface area contributed by atoms with Gasteiger partial charge in [0.1, 0.15) is 0 Å². The van der Waals surface area contributed by atoms with Gasteiger partial charge in [0.15, 0.2) is 6.29 Å². The summed E-state index contributed by atoms with van der Waals surface area (Å²) in [5.41, 5.74) is 0. The third kappa shape index (κ3) is 1.34. The van der Waals surface area contributed by atoms with Gasteiger partial charge in [-0.05, 0) is 34.4 Å². The van der Waals surface area contributed by atoms with Crippen molar-refractivity contribution in [2.45, 2.75) is 0 Å². The van der Waals surface area contributed by atoms with E-state index in [1.165, 1.54) is 15.5 Å². The molecule has 0 aliphatic heterocycles. The van der Waals surface area contributed by atoms with E-state index < -0.39 is 0 Å². The van der Waals surface area contributed by atoms with Gasteiger partial charge in [-0.2, -0.15) is 0 Å². The Morgan fingerprint density at radius 1 is 0.933 bits per heavy atom. The van der Waals surface area contributed by atoms with E-state index in [2.05, 4.69) is 24.3 Å². The first-order valence-corrected chi connectivity index (χ1v) is 5.56. The van der Waals surface area contributed by atoms with E-state index in [0.29, 0.717) is 0 Å². The normalized spacial score (nSPS) is 10.9. The quantitative estimate of drug-likeness (QED) is 0.560. The first kappa shape index (κ1) is 8.62. The maximum absolute atomic E-state index is 10.7. The molecule has 0 aliphatic carbocycles. The van der Waals surface area contributed by atoms with E-state index in [-0.39, 0.29) is 0 Å². The van der Waals surface area contributed by atoms with Gasteiger partial charge in [-0.25, -0.2) is 0 Å². The van der Waals surface area contributed by atoms with Crippen molar-refractivity contribution in [1.29, 1.82) is 0 Å². The Morgan fingerprint density at radius 2 is 1.67 bits per heavy atom. The predicted molar refractivity (Wildman–Crippen MR) is 64.7 cm³/mol. The van der Waals surface area contributed by atoms with Gasteiger partial charge in [0, 0.05) is 4.70 Å². The first-order chi connectivity index (χ1) is 7.36. The Morgan fingerprint density at radius 3 is 2.40 bits per heavy atom. The molecule has 0 bridgehead atoms. The lowest BCUT2D eigenvalue weighted by Gasteiger charge is -1.96. The highest BCUT2D eigenvalue weighted by atomic mass is 32.1. The Kier molecular flexibility index (Phi) is 1.82. The van der Waals surface area contributed by atoms with Crippen molar-refractivity contribution in [3.05, 3.63) is 47.3 Å². The minimum atomic E-state index is 0.792. The van der Waals surface area contributed by atoms with Gasteiger partial charge in [-0.1, -0.05) is 24.3 Å². The second kappa shape index (κ2) is 3.17. The second-order valence-electron chi connectivity index (χ2n) is 3.50. The molecule has 2 aromatic carbocycles. The molecule has 0 saturated heterocycles. The van der Waals surface area contributed by atoms with Crippen LogP contribution in [0.4, 0.5) is 0 Å². The van der Waals surface area contributed by atoms with Crippen LogP contribution in [0.3, 0.4) is 0 Å². The smallest absolute Gasteiger partial charge is 0.160 e. The minimum absolute atomic E-state index is 0.792. The van der Waals surface area contributed by atoms with Crippen LogP contribution in [0.1, 0.15) is 9.67 Å². The number of carbonyl (C=O) groups excluding carboxylic acids is 1. The van der Waals surface area contributed by atoms with Crippen LogP contribution in [0, 0.1) is 0 Å². The van der Waals surface area contributed by atoms with Crippen molar-refractivity contribution in [3.63, 3.8) is 0 Å². The average molecular weight is 212 g/mol. The maximum atomic E-state index is 10.7. The van der Waals surface area contributed by atoms with E-state index in [1.54, 1.807) is 11.3 Å². The Bertz CT molecular complexity index is 599. The molecule has 0 N–H and O–H groups in total. The third-order valence-electron chi connectivity index (χ3n) is 2.52. The standard InChI is InChI=1S/C13H8OS/c14-8-12-6-11-5-9-3-1-2-4-10(9)7-13(11)15-12/h1-8H. The number of hydrogen-bond acceptors (Lipinski definition) is 2. The molecule has 15 heavy (non-hydrogen) atoms. The van der Waals surface area contributed by atoms with Gasteiger partial charge >= 0.3 is 0 Å². The van der Waals surface area contributed by atoms with Gasteiger partial charge in [0.05, 0.1) is 4.88 Å². The summed E-state index contributed by atoms with van der Waals surface area (Å²) < 4.78 is 1.18. The predicted octanol–water partition coefficient (Wildman–Crippen LogP) is 3.87. The molecule has 1 nitrogen and oxygen atoms in total. The van der Waals surface area contributed by atoms with Gasteiger partial charge in [-0.15, -0.1) is 11.3 Å². The van der Waals surface area contributed by atoms with Crippen molar-refractivity contribution in [2.24, 2.45) is 0 Å². The van der Waals surface area contributed by atoms with Crippen LogP contribution >= 0.6 is 11.3 Å². The number of aldehydes is 1. The molecule has 3 rings (SSSR count). The summed E-state index contributed by atoms with van der Waals surface area (Å²) in [4.78, 5) is 11.5. The molecule has 3 aromatic rings. The van der Waals surface area contributed by atoms with Crippen LogP contribution in [0.2, 0.25) is 0 Å². The molecule has 0 fully saturated rings. The number of rotatable bonds is 1. The highest BCUT2D eigenvalue weighted by Gasteiger charge is 2.02. The molecular weight excluding hydrogens is 204 g/mol. The lowest BCUT2D eigenvalue weighted by Crippen LogP contribution is -1.70. The molecule has 2 heteroatoms. The summed E-state index contributed by atoms with van der Waals surface area (Å²) in [6.07, 6.45) is 0.912. The molecule has 0 amide bonds. The second-order valence-corrected chi connectivity index (χ2v) is 4.62. The average Bonchev–Trinajstić information content (AvgIpc) is 2.67. The zero-order valence-corrected chi connectivity index (χ0v) is 8.75. The van der Waals surface area contributed by atoms with Crippen molar-refractivity contribution >= 4 is 38.5 Å². The van der Waals surface area contributed by atoms with Crippen LogP contribution in [-0.2, 0) is 0 Å². The zero-order valence-electron chi connectivity index (χ0n) is 7.94. The number of carbonyl (C=O) groups is 1. The van der Waals surface area contributed by atoms with E-state index >= 15 is 0 Å². The summed E-state index contributed by atoms with van der Waals surface area (Å²) in [5.74, 6) is 0. The van der Waals surface area contributed by atoms with Crippen molar-refractivity contribution in [3.8, 4) is 0 Å². The maximum Gasteiger partial charge on any atom is 0.160 e. The molecule has 0 saturated carbocycles. The number of fused-ring (bicyclic) bond motifs is 2. The number of hydrogen-bond donors (Lipinski definition) is 0. The van der Waals surface area contributed by atoms with Gasteiger partial charge < -0.3 is 0 Å². The summed E-state index contributed by atoms with van der Waals surface area (Å²) in [7, 11) is 0. The van der Waals surface area contributed by atoms with Crippen LogP contribution < -0.4 is 0 Å². The van der Waals surface area contributed by atoms with Gasteiger partial charge in [-0.3, -0.25) is 4.79 Å². The van der Waals surface area contributed by atoms with Crippen LogP contribution in [0.25, 0.3) is 20.9 Å². The zero-order chi connectivity index (χ0) is 10.3. The molecule has 1 heterocycles. The Balaban J connectivity index is 2.44. The third-order valence-corrected chi connectivity index (χ3v) is 3.54. The fraction of sp³-hybridized carbons (Fsp3) is 0. The first-order valence-electron chi connectivity index (χ1n) is 4.74. The summed E-state index contributed by atoms with van der Waals surface area (Å²) >= 11 is 1.54. The van der Waals surface area contributed by atoms with Crippen molar-refractivity contribution in [2.75, 3.05) is 0 Å². The van der Waals surface area contributed by atoms with Crippen molar-refractivity contribution < 1.29 is 4.79 Å². The van der Waals surface area contributed by atoms with Crippen LogP contribution in [0.5, 0.6) is 0 Å². The van der Waals surface area contributed by atoms with Crippen molar-refractivity contribution in [1.82, 2.24) is 0 Å². The topological polar surface area (TPSA) is 17.1 Å². The number of thiophene rings is 1. The van der Waals surface area contributed by atoms with Crippen LogP contribution in [0.15, 0.2) is 42.5 Å². The minimum Gasteiger partial charge on any atom is -0.297 e. The fourth-order valence-electron chi connectivity index (χ4n) is 1.81. The largest absolute Gasteiger partial charge is 0.297 e. The molecule has 1 aromatic heterocycles. The summed E-state index contributed by atoms with van der Waals surface area (Å²) in [6, 6.07) is 14.5.